The van der Waals surface area contributed by atoms with Crippen molar-refractivity contribution in [1.82, 2.24) is 24.6 Å². The summed E-state index contributed by atoms with van der Waals surface area (Å²) in [5, 5.41) is 6.90. The van der Waals surface area contributed by atoms with Crippen LogP contribution in [-0.4, -0.2) is 44.8 Å². The molecule has 0 atom stereocenters. The molecule has 1 amide bonds. The summed E-state index contributed by atoms with van der Waals surface area (Å²) >= 11 is 0. The van der Waals surface area contributed by atoms with E-state index in [0.717, 1.165) is 46.3 Å². The van der Waals surface area contributed by atoms with E-state index in [-0.39, 0.29) is 17.4 Å². The number of aromatic nitrogens is 3. The topological polar surface area (TPSA) is 89.2 Å². The molecule has 4 rings (SSSR count). The zero-order valence-electron chi connectivity index (χ0n) is 19.3. The Kier molecular flexibility index (Phi) is 7.02. The van der Waals surface area contributed by atoms with Crippen LogP contribution >= 0.6 is 0 Å². The van der Waals surface area contributed by atoms with Gasteiger partial charge >= 0.3 is 5.69 Å². The van der Waals surface area contributed by atoms with Crippen molar-refractivity contribution in [1.29, 1.82) is 0 Å². The minimum absolute atomic E-state index is 0.233. The number of aryl methyl sites for hydroxylation is 1. The summed E-state index contributed by atoms with van der Waals surface area (Å²) in [5.41, 5.74) is 0.780. The van der Waals surface area contributed by atoms with Gasteiger partial charge in [0.15, 0.2) is 0 Å². The van der Waals surface area contributed by atoms with Crippen LogP contribution in [-0.2, 0) is 13.6 Å². The Labute approximate surface area is 196 Å². The van der Waals surface area contributed by atoms with Crippen LogP contribution in [0.2, 0.25) is 0 Å². The van der Waals surface area contributed by atoms with Crippen LogP contribution in [0.25, 0.3) is 5.69 Å². The molecular formula is C25H28FN5O3. The Morgan fingerprint density at radius 3 is 2.50 bits per heavy atom. The lowest BCUT2D eigenvalue weighted by Crippen LogP contribution is -2.45. The molecule has 0 radical (unpaired) electrons. The van der Waals surface area contributed by atoms with Gasteiger partial charge in [-0.05, 0) is 68.6 Å². The molecule has 0 bridgehead atoms. The van der Waals surface area contributed by atoms with Crippen molar-refractivity contribution in [2.45, 2.75) is 26.3 Å². The summed E-state index contributed by atoms with van der Waals surface area (Å²) in [5.74, 6) is -0.563. The minimum Gasteiger partial charge on any atom is -0.350 e. The molecule has 0 unspecified atom stereocenters. The van der Waals surface area contributed by atoms with Gasteiger partial charge in [0.25, 0.3) is 11.5 Å². The number of carbonyl (C=O) groups is 1. The van der Waals surface area contributed by atoms with Gasteiger partial charge in [-0.2, -0.15) is 9.78 Å². The average molecular weight is 466 g/mol. The minimum atomic E-state index is -0.726. The fraction of sp³-hybridized carbons (Fsp3) is 0.360. The van der Waals surface area contributed by atoms with Gasteiger partial charge < -0.3 is 5.32 Å². The molecule has 2 aromatic carbocycles. The molecule has 1 fully saturated rings. The molecule has 1 aromatic heterocycles. The second kappa shape index (κ2) is 10.1. The molecule has 0 saturated carbocycles. The van der Waals surface area contributed by atoms with Gasteiger partial charge in [0, 0.05) is 20.1 Å². The molecule has 0 spiro atoms. The maximum Gasteiger partial charge on any atom is 0.351 e. The van der Waals surface area contributed by atoms with E-state index < -0.39 is 17.2 Å². The van der Waals surface area contributed by atoms with E-state index in [1.165, 1.54) is 13.1 Å². The lowest BCUT2D eigenvalue weighted by Gasteiger charge is -2.32. The molecule has 1 aliphatic rings. The van der Waals surface area contributed by atoms with Crippen LogP contribution in [0.5, 0.6) is 0 Å². The van der Waals surface area contributed by atoms with Gasteiger partial charge in [0.05, 0.1) is 5.69 Å². The fourth-order valence-corrected chi connectivity index (χ4v) is 4.13. The number of rotatable bonds is 6. The predicted octanol–water partition coefficient (Wildman–Crippen LogP) is 2.02. The van der Waals surface area contributed by atoms with Gasteiger partial charge in [-0.3, -0.25) is 19.1 Å². The molecule has 3 aromatic rings. The maximum atomic E-state index is 13.4. The summed E-state index contributed by atoms with van der Waals surface area (Å²) in [6.07, 6.45) is 1.76. The molecule has 0 aliphatic carbocycles. The summed E-state index contributed by atoms with van der Waals surface area (Å²) in [4.78, 5) is 40.2. The molecule has 34 heavy (non-hydrogen) atoms. The van der Waals surface area contributed by atoms with Crippen LogP contribution in [0.3, 0.4) is 0 Å². The van der Waals surface area contributed by atoms with Crippen molar-refractivity contribution >= 4 is 5.91 Å². The van der Waals surface area contributed by atoms with Crippen LogP contribution in [0, 0.1) is 18.7 Å². The lowest BCUT2D eigenvalue weighted by atomic mass is 9.96. The summed E-state index contributed by atoms with van der Waals surface area (Å²) < 4.78 is 15.4. The van der Waals surface area contributed by atoms with E-state index in [0.29, 0.717) is 18.8 Å². The molecular weight excluding hydrogens is 437 g/mol. The monoisotopic (exact) mass is 465 g/mol. The number of amides is 1. The number of nitrogens with zero attached hydrogens (tertiary/aromatic N) is 4. The highest BCUT2D eigenvalue weighted by Crippen LogP contribution is 2.19. The standard InChI is InChI=1S/C25H28FN5O3/c1-17-6-8-21(9-7-17)31-25(34)29(2)24(33)22(28-31)23(32)27-15-18-10-12-30(13-11-18)16-19-4-3-5-20(26)14-19/h3-9,14,18H,10-13,15-16H2,1-2H3,(H,27,32). The Morgan fingerprint density at radius 1 is 1.12 bits per heavy atom. The molecule has 8 nitrogen and oxygen atoms in total. The predicted molar refractivity (Wildman–Crippen MR) is 127 cm³/mol. The number of hydrogen-bond donors (Lipinski definition) is 1. The third kappa shape index (κ3) is 5.31. The van der Waals surface area contributed by atoms with Crippen LogP contribution in [0.4, 0.5) is 4.39 Å². The zero-order chi connectivity index (χ0) is 24.2. The first-order chi connectivity index (χ1) is 16.3. The molecule has 9 heteroatoms. The zero-order valence-corrected chi connectivity index (χ0v) is 19.3. The summed E-state index contributed by atoms with van der Waals surface area (Å²) in [6.45, 7) is 4.72. The summed E-state index contributed by atoms with van der Waals surface area (Å²) in [7, 11) is 1.34. The Bertz CT molecular complexity index is 1290. The number of carbonyl (C=O) groups excluding carboxylic acids is 1. The van der Waals surface area contributed by atoms with Crippen molar-refractivity contribution < 1.29 is 9.18 Å². The highest BCUT2D eigenvalue weighted by atomic mass is 19.1. The quantitative estimate of drug-likeness (QED) is 0.602. The van der Waals surface area contributed by atoms with E-state index in [2.05, 4.69) is 15.3 Å². The summed E-state index contributed by atoms with van der Waals surface area (Å²) in [6, 6.07) is 13.7. The third-order valence-corrected chi connectivity index (χ3v) is 6.22. The van der Waals surface area contributed by atoms with Crippen LogP contribution in [0.15, 0.2) is 58.1 Å². The molecule has 1 N–H and O–H groups in total. The molecule has 1 aliphatic heterocycles. The SMILES string of the molecule is Cc1ccc(-n2nc(C(=O)NCC3CCN(Cc4cccc(F)c4)CC3)c(=O)n(C)c2=O)cc1. The fourth-order valence-electron chi connectivity index (χ4n) is 4.13. The van der Waals surface area contributed by atoms with Gasteiger partial charge in [0.2, 0.25) is 5.69 Å². The van der Waals surface area contributed by atoms with E-state index in [1.54, 1.807) is 24.3 Å². The highest BCUT2D eigenvalue weighted by molar-refractivity contribution is 5.91. The van der Waals surface area contributed by atoms with Crippen molar-refractivity contribution in [3.8, 4) is 5.69 Å². The Morgan fingerprint density at radius 2 is 1.82 bits per heavy atom. The first-order valence-electron chi connectivity index (χ1n) is 11.3. The third-order valence-electron chi connectivity index (χ3n) is 6.22. The van der Waals surface area contributed by atoms with Gasteiger partial charge in [-0.25, -0.2) is 9.18 Å². The molecule has 2 heterocycles. The first kappa shape index (κ1) is 23.6. The van der Waals surface area contributed by atoms with Crippen LogP contribution < -0.4 is 16.6 Å². The number of halogens is 1. The second-order valence-corrected chi connectivity index (χ2v) is 8.80. The van der Waals surface area contributed by atoms with Crippen molar-refractivity contribution in [3.63, 3.8) is 0 Å². The molecule has 1 saturated heterocycles. The number of likely N-dealkylation sites (tertiary alicyclic amines) is 1. The van der Waals surface area contributed by atoms with Gasteiger partial charge in [0.1, 0.15) is 5.82 Å². The van der Waals surface area contributed by atoms with Gasteiger partial charge in [-0.1, -0.05) is 29.8 Å². The molecule has 178 valence electrons. The normalized spacial score (nSPS) is 14.8. The Balaban J connectivity index is 1.38. The van der Waals surface area contributed by atoms with Crippen molar-refractivity contribution in [3.05, 3.63) is 92.0 Å². The number of piperidine rings is 1. The first-order valence-corrected chi connectivity index (χ1v) is 11.3. The van der Waals surface area contributed by atoms with Gasteiger partial charge in [-0.15, -0.1) is 0 Å². The van der Waals surface area contributed by atoms with E-state index in [4.69, 9.17) is 0 Å². The maximum absolute atomic E-state index is 13.4. The Hall–Kier alpha value is -3.59. The highest BCUT2D eigenvalue weighted by Gasteiger charge is 2.23. The van der Waals surface area contributed by atoms with E-state index >= 15 is 0 Å². The van der Waals surface area contributed by atoms with Crippen molar-refractivity contribution in [2.75, 3.05) is 19.6 Å². The largest absolute Gasteiger partial charge is 0.351 e. The second-order valence-electron chi connectivity index (χ2n) is 8.80. The van der Waals surface area contributed by atoms with Crippen molar-refractivity contribution in [2.24, 2.45) is 13.0 Å². The van der Waals surface area contributed by atoms with E-state index in [9.17, 15) is 18.8 Å². The smallest absolute Gasteiger partial charge is 0.350 e. The number of nitrogens with one attached hydrogen (secondary N) is 1. The van der Waals surface area contributed by atoms with E-state index in [1.807, 2.05) is 25.1 Å². The number of hydrogen-bond acceptors (Lipinski definition) is 5. The average Bonchev–Trinajstić information content (AvgIpc) is 2.83. The number of benzene rings is 2. The van der Waals surface area contributed by atoms with Crippen LogP contribution in [0.1, 0.15) is 34.5 Å². The lowest BCUT2D eigenvalue weighted by molar-refractivity contribution is 0.0925.